The van der Waals surface area contributed by atoms with Gasteiger partial charge in [-0.25, -0.2) is 0 Å². The molecule has 4 rings (SSSR count). The van der Waals surface area contributed by atoms with Crippen molar-refractivity contribution in [2.75, 3.05) is 26.2 Å². The Labute approximate surface area is 191 Å². The first-order valence-electron chi connectivity index (χ1n) is 10.6. The summed E-state index contributed by atoms with van der Waals surface area (Å²) in [5.41, 5.74) is 1.62. The summed E-state index contributed by atoms with van der Waals surface area (Å²) in [6.45, 7) is 11.4. The van der Waals surface area contributed by atoms with Gasteiger partial charge in [0.15, 0.2) is 5.96 Å². The minimum Gasteiger partial charge on any atom is -0.357 e. The van der Waals surface area contributed by atoms with E-state index < -0.39 is 0 Å². The third kappa shape index (κ3) is 4.75. The molecule has 1 N–H and O–H groups in total. The van der Waals surface area contributed by atoms with Crippen LogP contribution in [-0.2, 0) is 18.4 Å². The molecule has 6 nitrogen and oxygen atoms in total. The molecule has 1 fully saturated rings. The number of nitrogens with one attached hydrogen (secondary N) is 1. The number of aromatic nitrogens is 3. The van der Waals surface area contributed by atoms with E-state index in [1.54, 1.807) is 0 Å². The molecule has 0 bridgehead atoms. The molecule has 0 amide bonds. The van der Waals surface area contributed by atoms with Crippen LogP contribution in [0.15, 0.2) is 35.3 Å². The van der Waals surface area contributed by atoms with Gasteiger partial charge in [0, 0.05) is 44.6 Å². The lowest BCUT2D eigenvalue weighted by molar-refractivity contribution is 0.366. The number of likely N-dealkylation sites (tertiary alicyclic amines) is 1. The molecule has 3 heterocycles. The molecule has 2 aliphatic rings. The predicted octanol–water partition coefficient (Wildman–Crippen LogP) is 3.40. The van der Waals surface area contributed by atoms with E-state index in [-0.39, 0.29) is 29.4 Å². The van der Waals surface area contributed by atoms with Gasteiger partial charge >= 0.3 is 0 Å². The number of benzene rings is 1. The smallest absolute Gasteiger partial charge is 0.193 e. The van der Waals surface area contributed by atoms with Crippen LogP contribution >= 0.6 is 24.0 Å². The maximum absolute atomic E-state index is 5.04. The van der Waals surface area contributed by atoms with E-state index in [1.807, 2.05) is 6.92 Å². The van der Waals surface area contributed by atoms with Gasteiger partial charge in [0.1, 0.15) is 11.6 Å². The quantitative estimate of drug-likeness (QED) is 0.391. The molecule has 1 aromatic heterocycles. The molecular formula is C22H33IN6. The fourth-order valence-electron chi connectivity index (χ4n) is 4.54. The Morgan fingerprint density at radius 2 is 2.07 bits per heavy atom. The summed E-state index contributed by atoms with van der Waals surface area (Å²) < 4.78 is 2.26. The van der Waals surface area contributed by atoms with Gasteiger partial charge in [0.05, 0.1) is 0 Å². The highest BCUT2D eigenvalue weighted by atomic mass is 127. The second kappa shape index (κ2) is 9.45. The predicted molar refractivity (Wildman–Crippen MR) is 128 cm³/mol. The summed E-state index contributed by atoms with van der Waals surface area (Å²) in [7, 11) is 0. The average molecular weight is 508 g/mol. The molecule has 1 aromatic carbocycles. The molecule has 2 aliphatic heterocycles. The van der Waals surface area contributed by atoms with Crippen LogP contribution in [0.2, 0.25) is 0 Å². The maximum Gasteiger partial charge on any atom is 0.193 e. The molecule has 7 heteroatoms. The Kier molecular flexibility index (Phi) is 7.19. The van der Waals surface area contributed by atoms with E-state index in [4.69, 9.17) is 4.99 Å². The summed E-state index contributed by atoms with van der Waals surface area (Å²) >= 11 is 0. The van der Waals surface area contributed by atoms with Crippen molar-refractivity contribution in [3.8, 4) is 0 Å². The Bertz CT molecular complexity index is 833. The number of nitrogens with zero attached hydrogens (tertiary/aromatic N) is 5. The highest BCUT2D eigenvalue weighted by Gasteiger charge is 2.36. The van der Waals surface area contributed by atoms with Gasteiger partial charge in [-0.15, -0.1) is 34.2 Å². The van der Waals surface area contributed by atoms with Crippen molar-refractivity contribution < 1.29 is 0 Å². The monoisotopic (exact) mass is 508 g/mol. The second-order valence-corrected chi connectivity index (χ2v) is 8.47. The lowest BCUT2D eigenvalue weighted by Gasteiger charge is -2.28. The Hall–Kier alpha value is -1.64. The Morgan fingerprint density at radius 1 is 1.28 bits per heavy atom. The number of guanidine groups is 1. The highest BCUT2D eigenvalue weighted by Crippen LogP contribution is 2.34. The molecule has 0 radical (unpaired) electrons. The zero-order valence-corrected chi connectivity index (χ0v) is 20.1. The SMILES string of the molecule is CCNC(=NCC1CCc2nnc(C)n2C1)N1CCC(C)(c2ccccc2)C1.I. The van der Waals surface area contributed by atoms with Gasteiger partial charge < -0.3 is 14.8 Å². The van der Waals surface area contributed by atoms with E-state index >= 15 is 0 Å². The highest BCUT2D eigenvalue weighted by molar-refractivity contribution is 14.0. The van der Waals surface area contributed by atoms with Gasteiger partial charge in [-0.1, -0.05) is 37.3 Å². The molecule has 2 unspecified atom stereocenters. The minimum absolute atomic E-state index is 0. The van der Waals surface area contributed by atoms with Gasteiger partial charge in [0.25, 0.3) is 0 Å². The Morgan fingerprint density at radius 3 is 2.83 bits per heavy atom. The summed E-state index contributed by atoms with van der Waals surface area (Å²) in [6, 6.07) is 10.9. The average Bonchev–Trinajstić information content (AvgIpc) is 3.30. The van der Waals surface area contributed by atoms with Gasteiger partial charge in [0.2, 0.25) is 0 Å². The van der Waals surface area contributed by atoms with E-state index in [0.717, 1.165) is 69.6 Å². The minimum atomic E-state index is 0. The topological polar surface area (TPSA) is 58.3 Å². The fraction of sp³-hybridized carbons (Fsp3) is 0.591. The maximum atomic E-state index is 5.04. The molecule has 2 atom stereocenters. The second-order valence-electron chi connectivity index (χ2n) is 8.47. The Balaban J connectivity index is 0.00000240. The molecule has 0 aliphatic carbocycles. The number of aliphatic imine (C=N–C) groups is 1. The van der Waals surface area contributed by atoms with Crippen LogP contribution in [0.3, 0.4) is 0 Å². The summed E-state index contributed by atoms with van der Waals surface area (Å²) in [5.74, 6) is 3.77. The summed E-state index contributed by atoms with van der Waals surface area (Å²) in [6.07, 6.45) is 3.31. The van der Waals surface area contributed by atoms with Gasteiger partial charge in [-0.2, -0.15) is 0 Å². The molecule has 0 saturated carbocycles. The van der Waals surface area contributed by atoms with Gasteiger partial charge in [-0.05, 0) is 38.2 Å². The van der Waals surface area contributed by atoms with Crippen molar-refractivity contribution in [2.24, 2.45) is 10.9 Å². The van der Waals surface area contributed by atoms with Crippen molar-refractivity contribution in [3.63, 3.8) is 0 Å². The lowest BCUT2D eigenvalue weighted by atomic mass is 9.82. The van der Waals surface area contributed by atoms with E-state index in [2.05, 4.69) is 69.2 Å². The van der Waals surface area contributed by atoms with Crippen LogP contribution in [0.5, 0.6) is 0 Å². The van der Waals surface area contributed by atoms with Crippen LogP contribution in [0.25, 0.3) is 0 Å². The number of hydrogen-bond donors (Lipinski definition) is 1. The normalized spacial score (nSPS) is 24.2. The molecule has 158 valence electrons. The van der Waals surface area contributed by atoms with E-state index in [1.165, 1.54) is 5.56 Å². The zero-order valence-electron chi connectivity index (χ0n) is 17.8. The first-order chi connectivity index (χ1) is 13.6. The number of hydrogen-bond acceptors (Lipinski definition) is 3. The van der Waals surface area contributed by atoms with Crippen molar-refractivity contribution >= 4 is 29.9 Å². The van der Waals surface area contributed by atoms with Crippen molar-refractivity contribution in [2.45, 2.75) is 52.0 Å². The standard InChI is InChI=1S/C22H32N6.HI/c1-4-23-21(24-14-18-10-11-20-26-25-17(2)28(20)15-18)27-13-12-22(3,16-27)19-8-6-5-7-9-19;/h5-9,18H,4,10-16H2,1-3H3,(H,23,24);1H. The molecule has 2 aromatic rings. The number of halogens is 1. The third-order valence-corrected chi connectivity index (χ3v) is 6.31. The third-order valence-electron chi connectivity index (χ3n) is 6.31. The van der Waals surface area contributed by atoms with Gasteiger partial charge in [-0.3, -0.25) is 4.99 Å². The number of fused-ring (bicyclic) bond motifs is 1. The summed E-state index contributed by atoms with van der Waals surface area (Å²) in [4.78, 5) is 7.48. The van der Waals surface area contributed by atoms with Crippen molar-refractivity contribution in [3.05, 3.63) is 47.5 Å². The van der Waals surface area contributed by atoms with E-state index in [9.17, 15) is 0 Å². The lowest BCUT2D eigenvalue weighted by Crippen LogP contribution is -2.42. The van der Waals surface area contributed by atoms with Crippen LogP contribution in [-0.4, -0.2) is 51.8 Å². The molecular weight excluding hydrogens is 475 g/mol. The molecule has 29 heavy (non-hydrogen) atoms. The number of aryl methyl sites for hydroxylation is 2. The number of rotatable bonds is 4. The zero-order chi connectivity index (χ0) is 19.6. The van der Waals surface area contributed by atoms with E-state index in [0.29, 0.717) is 5.92 Å². The van der Waals surface area contributed by atoms with Crippen LogP contribution in [0.1, 0.15) is 43.9 Å². The first kappa shape index (κ1) is 22.1. The molecule has 0 spiro atoms. The first-order valence-corrected chi connectivity index (χ1v) is 10.6. The van der Waals surface area contributed by atoms with Crippen LogP contribution in [0.4, 0.5) is 0 Å². The van der Waals surface area contributed by atoms with Crippen molar-refractivity contribution in [1.82, 2.24) is 25.0 Å². The van der Waals surface area contributed by atoms with Crippen LogP contribution in [0, 0.1) is 12.8 Å². The largest absolute Gasteiger partial charge is 0.357 e. The fourth-order valence-corrected chi connectivity index (χ4v) is 4.54. The van der Waals surface area contributed by atoms with Crippen LogP contribution < -0.4 is 5.32 Å². The van der Waals surface area contributed by atoms with Crippen molar-refractivity contribution in [1.29, 1.82) is 0 Å². The molecule has 1 saturated heterocycles. The summed E-state index contributed by atoms with van der Waals surface area (Å²) in [5, 5.41) is 12.0.